The summed E-state index contributed by atoms with van der Waals surface area (Å²) < 4.78 is 0. The molecule has 27 heavy (non-hydrogen) atoms. The van der Waals surface area contributed by atoms with Gasteiger partial charge in [0.1, 0.15) is 0 Å². The number of aromatic nitrogens is 4. The van der Waals surface area contributed by atoms with Gasteiger partial charge in [0.2, 0.25) is 0 Å². The molecule has 4 aromatic rings. The summed E-state index contributed by atoms with van der Waals surface area (Å²) in [5, 5.41) is 0. The Labute approximate surface area is 175 Å². The van der Waals surface area contributed by atoms with Gasteiger partial charge >= 0.3 is 33.0 Å². The molecule has 0 unspecified atom stereocenters. The first-order chi connectivity index (χ1) is 13.4. The summed E-state index contributed by atoms with van der Waals surface area (Å²) in [6, 6.07) is 22.0. The number of hydrogen-bond donors (Lipinski definition) is 0. The van der Waals surface area contributed by atoms with Gasteiger partial charge < -0.3 is 19.9 Å². The quantitative estimate of drug-likeness (QED) is 0.287. The molecule has 144 valence electrons. The Balaban J connectivity index is 0.000000319. The van der Waals surface area contributed by atoms with E-state index in [-0.39, 0.29) is 0 Å². The van der Waals surface area contributed by atoms with E-state index in [9.17, 15) is 0 Å². The first kappa shape index (κ1) is 24.7. The summed E-state index contributed by atoms with van der Waals surface area (Å²) in [4.78, 5) is 14.6. The number of pyridine rings is 4. The molecule has 0 saturated heterocycles. The number of halogens is 2. The average molecular weight is 442 g/mol. The van der Waals surface area contributed by atoms with Crippen LogP contribution in [-0.2, 0) is 12.7 Å². The Morgan fingerprint density at radius 3 is 0.704 bits per heavy atom. The zero-order chi connectivity index (χ0) is 19.7. The molecule has 0 amide bonds. The van der Waals surface area contributed by atoms with Crippen molar-refractivity contribution in [1.29, 1.82) is 0 Å². The summed E-state index contributed by atoms with van der Waals surface area (Å²) in [6.07, 6.45) is 17.3. The summed E-state index contributed by atoms with van der Waals surface area (Å²) in [6.45, 7) is 0. The third-order valence-corrected chi connectivity index (χ3v) is 2.07. The third kappa shape index (κ3) is 23.7. The van der Waals surface area contributed by atoms with Crippen LogP contribution in [0.1, 0.15) is 0 Å². The van der Waals surface area contributed by atoms with Crippen LogP contribution in [0.25, 0.3) is 0 Å². The van der Waals surface area contributed by atoms with E-state index in [1.54, 1.807) is 49.1 Å². The molecule has 4 rings (SSSR count). The predicted octanol–water partition coefficient (Wildman–Crippen LogP) is 4.90. The van der Waals surface area contributed by atoms with Gasteiger partial charge in [-0.15, -0.1) is 0 Å². The van der Waals surface area contributed by atoms with Crippen molar-refractivity contribution in [2.24, 2.45) is 0 Å². The van der Waals surface area contributed by atoms with Crippen LogP contribution < -0.4 is 0 Å². The van der Waals surface area contributed by atoms with Crippen LogP contribution >= 0.6 is 20.4 Å². The molecule has 0 N–H and O–H groups in total. The molecular formula is C20H16Cl2N4Ni-4. The fourth-order valence-corrected chi connectivity index (χ4v) is 1.11. The van der Waals surface area contributed by atoms with E-state index >= 15 is 0 Å². The van der Waals surface area contributed by atoms with E-state index in [1.807, 2.05) is 48.5 Å². The van der Waals surface area contributed by atoms with E-state index in [2.05, 4.69) is 44.7 Å². The van der Waals surface area contributed by atoms with Gasteiger partial charge in [-0.25, -0.2) is 0 Å². The minimum atomic E-state index is 0.569. The molecule has 4 nitrogen and oxygen atoms in total. The van der Waals surface area contributed by atoms with Crippen LogP contribution in [-0.4, -0.2) is 19.9 Å². The first-order valence-corrected chi connectivity index (χ1v) is 10.0. The van der Waals surface area contributed by atoms with Crippen molar-refractivity contribution in [3.8, 4) is 0 Å². The number of nitrogens with zero attached hydrogens (tertiary/aromatic N) is 4. The van der Waals surface area contributed by atoms with E-state index in [1.165, 1.54) is 0 Å². The molecule has 0 aliphatic rings. The van der Waals surface area contributed by atoms with Crippen LogP contribution in [0.15, 0.2) is 97.6 Å². The van der Waals surface area contributed by atoms with Gasteiger partial charge in [-0.3, -0.25) is 0 Å². The Kier molecular flexibility index (Phi) is 21.6. The second kappa shape index (κ2) is 23.7. The topological polar surface area (TPSA) is 51.6 Å². The molecule has 0 atom stereocenters. The van der Waals surface area contributed by atoms with Crippen LogP contribution in [0, 0.1) is 24.8 Å². The smallest absolute Gasteiger partial charge is 0.0813 e. The number of rotatable bonds is 0. The molecule has 0 fully saturated rings. The molecule has 0 bridgehead atoms. The van der Waals surface area contributed by atoms with Crippen molar-refractivity contribution in [1.82, 2.24) is 19.9 Å². The standard InChI is InChI=1S/4C5H4N.2ClH.Ni/c4*1-2-4-6-5-3-1;;;/h4*1-4H;2*1H;/q4*-1;;;+2/p-2. The largest absolute Gasteiger partial charge is 0.394 e. The van der Waals surface area contributed by atoms with Crippen LogP contribution in [0.5, 0.6) is 0 Å². The van der Waals surface area contributed by atoms with Gasteiger partial charge in [0.25, 0.3) is 0 Å². The molecule has 0 spiro atoms. The Morgan fingerprint density at radius 2 is 0.667 bits per heavy atom. The molecule has 0 aliphatic heterocycles. The maximum atomic E-state index is 4.70. The van der Waals surface area contributed by atoms with Crippen molar-refractivity contribution in [3.05, 3.63) is 122 Å². The van der Waals surface area contributed by atoms with Crippen molar-refractivity contribution in [2.45, 2.75) is 0 Å². The molecule has 0 aliphatic carbocycles. The van der Waals surface area contributed by atoms with Crippen LogP contribution in [0.3, 0.4) is 0 Å². The van der Waals surface area contributed by atoms with E-state index < -0.39 is 0 Å². The number of hydrogen-bond acceptors (Lipinski definition) is 4. The minimum Gasteiger partial charge on any atom is -0.394 e. The van der Waals surface area contributed by atoms with Gasteiger partial charge in [0, 0.05) is 0 Å². The monoisotopic (exact) mass is 440 g/mol. The minimum absolute atomic E-state index is 0.569. The Hall–Kier alpha value is -2.33. The normalized spacial score (nSPS) is 7.93. The van der Waals surface area contributed by atoms with E-state index in [4.69, 9.17) is 20.4 Å². The van der Waals surface area contributed by atoms with Crippen LogP contribution in [0.2, 0.25) is 0 Å². The Bertz CT molecular complexity index is 461. The maximum absolute atomic E-state index is 4.70. The van der Waals surface area contributed by atoms with Gasteiger partial charge in [-0.05, 0) is 0 Å². The second-order valence-electron chi connectivity index (χ2n) is 3.88. The molecule has 0 radical (unpaired) electrons. The van der Waals surface area contributed by atoms with Gasteiger partial charge in [-0.2, -0.15) is 72.8 Å². The fraction of sp³-hybridized carbons (Fsp3) is 0. The van der Waals surface area contributed by atoms with Crippen molar-refractivity contribution in [3.63, 3.8) is 0 Å². The molecule has 0 saturated carbocycles. The van der Waals surface area contributed by atoms with Gasteiger partial charge in [0.05, 0.1) is 0 Å². The second-order valence-corrected chi connectivity index (χ2v) is 5.51. The van der Waals surface area contributed by atoms with Crippen molar-refractivity contribution >= 4 is 20.4 Å². The Morgan fingerprint density at radius 1 is 0.444 bits per heavy atom. The fourth-order valence-electron chi connectivity index (χ4n) is 1.11. The molecular weight excluding hydrogens is 426 g/mol. The van der Waals surface area contributed by atoms with Gasteiger partial charge in [-0.1, -0.05) is 49.6 Å². The summed E-state index contributed by atoms with van der Waals surface area (Å²) in [5.74, 6) is 0. The molecule has 4 aromatic heterocycles. The SMILES string of the molecule is [Cl][Ni][Cl].[c-]1ccccn1.[c-]1ccccn1.[c-]1ccccn1.[c-]1ccccn1. The van der Waals surface area contributed by atoms with Crippen molar-refractivity contribution < 1.29 is 12.7 Å². The summed E-state index contributed by atoms with van der Waals surface area (Å²) >= 11 is 0.569. The molecule has 4 heterocycles. The van der Waals surface area contributed by atoms with E-state index in [0.29, 0.717) is 12.7 Å². The maximum Gasteiger partial charge on any atom is -0.0813 e. The summed E-state index contributed by atoms with van der Waals surface area (Å²) in [7, 11) is 9.40. The zero-order valence-electron chi connectivity index (χ0n) is 14.1. The predicted molar refractivity (Wildman–Crippen MR) is 104 cm³/mol. The third-order valence-electron chi connectivity index (χ3n) is 2.07. The zero-order valence-corrected chi connectivity index (χ0v) is 16.6. The molecule has 7 heteroatoms. The van der Waals surface area contributed by atoms with Crippen molar-refractivity contribution in [2.75, 3.05) is 0 Å². The molecule has 0 aromatic carbocycles. The summed E-state index contributed by atoms with van der Waals surface area (Å²) in [5.41, 5.74) is 0. The first-order valence-electron chi connectivity index (χ1n) is 7.32. The van der Waals surface area contributed by atoms with Crippen LogP contribution in [0.4, 0.5) is 0 Å². The van der Waals surface area contributed by atoms with E-state index in [0.717, 1.165) is 0 Å². The van der Waals surface area contributed by atoms with Gasteiger partial charge in [0.15, 0.2) is 0 Å². The average Bonchev–Trinajstić information content (AvgIpc) is 2.80.